The first-order valence-electron chi connectivity index (χ1n) is 21.7. The second-order valence-corrected chi connectivity index (χ2v) is 20.1. The Bertz CT molecular complexity index is 2090. The maximum absolute atomic E-state index is 14.7. The van der Waals surface area contributed by atoms with Crippen molar-refractivity contribution in [1.82, 2.24) is 30.2 Å². The number of ether oxygens (including phenoxy) is 3. The van der Waals surface area contributed by atoms with Crippen LogP contribution in [0.25, 0.3) is 11.0 Å². The third-order valence-corrected chi connectivity index (χ3v) is 15.8. The number of alkyl carbamates (subject to hydrolysis) is 1. The lowest BCUT2D eigenvalue weighted by Crippen LogP contribution is -2.58. The van der Waals surface area contributed by atoms with Gasteiger partial charge in [0.2, 0.25) is 27.7 Å². The number of benzene rings is 1. The highest BCUT2D eigenvalue weighted by molar-refractivity contribution is 7.91. The molecule has 59 heavy (non-hydrogen) atoms. The number of fused-ring (bicyclic) bond motifs is 6. The molecule has 1 aromatic carbocycles. The van der Waals surface area contributed by atoms with Gasteiger partial charge in [0.1, 0.15) is 35.2 Å². The predicted molar refractivity (Wildman–Crippen MR) is 218 cm³/mol. The molecule has 1 aromatic heterocycles. The Morgan fingerprint density at radius 3 is 2.59 bits per heavy atom. The molecular formula is C43H58N6O9S. The van der Waals surface area contributed by atoms with E-state index in [0.29, 0.717) is 55.7 Å². The summed E-state index contributed by atoms with van der Waals surface area (Å²) in [6.45, 7) is 1.88. The molecule has 3 saturated carbocycles. The van der Waals surface area contributed by atoms with Gasteiger partial charge < -0.3 is 29.7 Å². The Hall–Kier alpha value is -4.47. The van der Waals surface area contributed by atoms with Crippen LogP contribution in [0.1, 0.15) is 115 Å². The van der Waals surface area contributed by atoms with E-state index in [0.717, 1.165) is 69.0 Å². The number of aromatic nitrogens is 2. The van der Waals surface area contributed by atoms with Gasteiger partial charge in [0.25, 0.3) is 5.91 Å². The van der Waals surface area contributed by atoms with Crippen LogP contribution in [-0.2, 0) is 35.6 Å². The van der Waals surface area contributed by atoms with E-state index in [1.165, 1.54) is 4.90 Å². The van der Waals surface area contributed by atoms with E-state index in [1.807, 2.05) is 30.4 Å². The van der Waals surface area contributed by atoms with E-state index in [4.69, 9.17) is 24.2 Å². The van der Waals surface area contributed by atoms with Gasteiger partial charge in [-0.3, -0.25) is 19.1 Å². The number of hydrogen-bond acceptors (Lipinski definition) is 11. The first-order chi connectivity index (χ1) is 28.4. The Balaban J connectivity index is 1.11. The van der Waals surface area contributed by atoms with Crippen LogP contribution in [0.5, 0.6) is 11.6 Å². The van der Waals surface area contributed by atoms with Crippen LogP contribution in [0.4, 0.5) is 4.79 Å². The van der Waals surface area contributed by atoms with Crippen molar-refractivity contribution in [2.24, 2.45) is 17.8 Å². The summed E-state index contributed by atoms with van der Waals surface area (Å²) in [6, 6.07) is 3.58. The van der Waals surface area contributed by atoms with Crippen molar-refractivity contribution in [3.8, 4) is 11.6 Å². The molecule has 3 N–H and O–H groups in total. The molecule has 1 saturated heterocycles. The largest absolute Gasteiger partial charge is 0.497 e. The van der Waals surface area contributed by atoms with E-state index >= 15 is 0 Å². The summed E-state index contributed by atoms with van der Waals surface area (Å²) in [5, 5.41) is 5.86. The number of hydrogen-bond donors (Lipinski definition) is 3. The molecule has 0 spiro atoms. The maximum Gasteiger partial charge on any atom is 0.408 e. The zero-order valence-corrected chi connectivity index (χ0v) is 35.0. The van der Waals surface area contributed by atoms with Crippen LogP contribution in [0.3, 0.4) is 0 Å². The van der Waals surface area contributed by atoms with Crippen molar-refractivity contribution >= 4 is 44.9 Å². The highest BCUT2D eigenvalue weighted by Gasteiger charge is 2.63. The van der Waals surface area contributed by atoms with E-state index in [2.05, 4.69) is 15.4 Å². The van der Waals surface area contributed by atoms with Crippen LogP contribution in [0.15, 0.2) is 30.4 Å². The Morgan fingerprint density at radius 1 is 0.983 bits per heavy atom. The topological polar surface area (TPSA) is 195 Å². The summed E-state index contributed by atoms with van der Waals surface area (Å²) in [5.74, 6) is -1.21. The SMILES string of the molecule is COc1ccc2nc3c(nc2c1)OC[C@@H]1C[C@H]2C(=O)N[C@]4(C(=O)NS(=O)(=O)C5(C)CC5)C[C@H]4/C=C\CCCCC[C@H](NC(=O)O[C@@H]4CCC[C@H]4CCCCC3)C(=O)N2C1. The third-order valence-electron chi connectivity index (χ3n) is 13.6. The van der Waals surface area contributed by atoms with E-state index in [9.17, 15) is 27.6 Å². The molecule has 8 rings (SSSR count). The minimum absolute atomic E-state index is 0.127. The highest BCUT2D eigenvalue weighted by Crippen LogP contribution is 2.47. The zero-order chi connectivity index (χ0) is 41.4. The number of nitrogens with one attached hydrogen (secondary N) is 3. The first kappa shape index (κ1) is 41.3. The Labute approximate surface area is 346 Å². The van der Waals surface area contributed by atoms with Gasteiger partial charge in [0.05, 0.1) is 29.5 Å². The average Bonchev–Trinajstić information content (AvgIpc) is 4.01. The smallest absolute Gasteiger partial charge is 0.408 e. The molecule has 2 aromatic rings. The fourth-order valence-corrected chi connectivity index (χ4v) is 10.8. The molecule has 320 valence electrons. The minimum atomic E-state index is -3.98. The lowest BCUT2D eigenvalue weighted by molar-refractivity contribution is -0.141. The standard InChI is InChI=1S/C43H58N6O9S/c1-42(20-21-42)59(54,55)48-40(52)43-24-29(43)14-8-4-3-5-9-16-33-39(51)49-25-27(22-35(49)37(50)47-43)26-57-38-32(44-31-19-18-30(56-2)23-34(31)45-38)15-10-6-7-12-28-13-11-17-36(28)58-41(53)46-33/h8,14,18-19,23,27-29,33,35-36H,3-7,9-13,15-17,20-22,24-26H2,1-2H3,(H,46,53)(H,47,50)(H,48,52)/b14-8-/t27-,28-,29-,33+,35+,36-,43-/m1/s1. The molecule has 0 unspecified atom stereocenters. The summed E-state index contributed by atoms with van der Waals surface area (Å²) in [5.41, 5.74) is 0.584. The van der Waals surface area contributed by atoms with Crippen LogP contribution < -0.4 is 24.8 Å². The van der Waals surface area contributed by atoms with Crippen LogP contribution in [0.2, 0.25) is 0 Å². The van der Waals surface area contributed by atoms with Gasteiger partial charge in [0.15, 0.2) is 0 Å². The number of aryl methyl sites for hydroxylation is 1. The van der Waals surface area contributed by atoms with Gasteiger partial charge in [-0.05, 0) is 108 Å². The fourth-order valence-electron chi connectivity index (χ4n) is 9.44. The molecule has 3 bridgehead atoms. The molecule has 3 aliphatic heterocycles. The van der Waals surface area contributed by atoms with Crippen LogP contribution in [-0.4, -0.2) is 95.8 Å². The number of carbonyl (C=O) groups excluding carboxylic acids is 4. The second kappa shape index (κ2) is 16.9. The maximum atomic E-state index is 14.7. The molecule has 6 aliphatic rings. The normalized spacial score (nSPS) is 32.1. The summed E-state index contributed by atoms with van der Waals surface area (Å²) >= 11 is 0. The van der Waals surface area contributed by atoms with Crippen molar-refractivity contribution in [3.63, 3.8) is 0 Å². The molecule has 4 heterocycles. The molecule has 3 aliphatic carbocycles. The number of amides is 4. The molecule has 15 nitrogen and oxygen atoms in total. The van der Waals surface area contributed by atoms with Crippen LogP contribution in [0, 0.1) is 17.8 Å². The van der Waals surface area contributed by atoms with Crippen molar-refractivity contribution < 1.29 is 41.8 Å². The second-order valence-electron chi connectivity index (χ2n) is 17.9. The molecular weight excluding hydrogens is 777 g/mol. The average molecular weight is 835 g/mol. The summed E-state index contributed by atoms with van der Waals surface area (Å²) in [6.07, 6.45) is 14.8. The van der Waals surface area contributed by atoms with E-state index in [-0.39, 0.29) is 43.9 Å². The van der Waals surface area contributed by atoms with E-state index < -0.39 is 62.1 Å². The van der Waals surface area contributed by atoms with Gasteiger partial charge >= 0.3 is 6.09 Å². The van der Waals surface area contributed by atoms with Crippen molar-refractivity contribution in [2.75, 3.05) is 20.3 Å². The van der Waals surface area contributed by atoms with Crippen molar-refractivity contribution in [2.45, 2.75) is 145 Å². The summed E-state index contributed by atoms with van der Waals surface area (Å²) in [4.78, 5) is 68.1. The number of sulfonamides is 1. The van der Waals surface area contributed by atoms with Gasteiger partial charge in [0, 0.05) is 24.4 Å². The molecule has 0 radical (unpaired) electrons. The fraction of sp³-hybridized carbons (Fsp3) is 0.674. The zero-order valence-electron chi connectivity index (χ0n) is 34.2. The van der Waals surface area contributed by atoms with Crippen molar-refractivity contribution in [3.05, 3.63) is 36.0 Å². The number of methoxy groups -OCH3 is 1. The Kier molecular flexibility index (Phi) is 11.8. The number of rotatable bonds is 4. The van der Waals surface area contributed by atoms with Gasteiger partial charge in [-0.1, -0.05) is 37.8 Å². The van der Waals surface area contributed by atoms with E-state index in [1.54, 1.807) is 14.0 Å². The highest BCUT2D eigenvalue weighted by atomic mass is 32.2. The molecule has 7 atom stereocenters. The van der Waals surface area contributed by atoms with Gasteiger partial charge in [-0.15, -0.1) is 0 Å². The quantitative estimate of drug-likeness (QED) is 0.351. The Morgan fingerprint density at radius 2 is 1.78 bits per heavy atom. The third kappa shape index (κ3) is 8.88. The lowest BCUT2D eigenvalue weighted by atomic mass is 9.97. The molecule has 16 heteroatoms. The lowest BCUT2D eigenvalue weighted by Gasteiger charge is -2.30. The molecule has 4 fully saturated rings. The minimum Gasteiger partial charge on any atom is -0.497 e. The first-order valence-corrected chi connectivity index (χ1v) is 23.2. The monoisotopic (exact) mass is 834 g/mol. The van der Waals surface area contributed by atoms with Crippen molar-refractivity contribution in [1.29, 1.82) is 0 Å². The number of carbonyl (C=O) groups is 4. The number of allylic oxidation sites excluding steroid dienone is 1. The summed E-state index contributed by atoms with van der Waals surface area (Å²) < 4.78 is 45.7. The van der Waals surface area contributed by atoms with Gasteiger partial charge in [-0.2, -0.15) is 0 Å². The number of nitrogens with zero attached hydrogens (tertiary/aromatic N) is 3. The molecule has 4 amide bonds. The summed E-state index contributed by atoms with van der Waals surface area (Å²) in [7, 11) is -2.39. The predicted octanol–water partition coefficient (Wildman–Crippen LogP) is 5.01. The van der Waals surface area contributed by atoms with Gasteiger partial charge in [-0.25, -0.2) is 23.2 Å². The van der Waals surface area contributed by atoms with Crippen LogP contribution >= 0.6 is 0 Å².